The van der Waals surface area contributed by atoms with Gasteiger partial charge in [0, 0.05) is 37.2 Å². The molecule has 0 unspecified atom stereocenters. The standard InChI is InChI=1S/C20H27N5O2/c1-20(9-13-24(14-10-20)15-16-5-3-2-4-6-16)19(27)22-18-8-12-25(23-18)11-7-17(21)26/h2-6,8,12H,7,9-11,13-15H2,1H3,(H2,21,26)(H,22,23,27). The number of primary amides is 1. The summed E-state index contributed by atoms with van der Waals surface area (Å²) >= 11 is 0. The summed E-state index contributed by atoms with van der Waals surface area (Å²) in [6.45, 7) is 5.14. The number of carbonyl (C=O) groups excluding carboxylic acids is 2. The number of likely N-dealkylation sites (tertiary alicyclic amines) is 1. The van der Waals surface area contributed by atoms with E-state index >= 15 is 0 Å². The molecule has 0 radical (unpaired) electrons. The molecule has 1 fully saturated rings. The van der Waals surface area contributed by atoms with Crippen LogP contribution in [0.1, 0.15) is 31.7 Å². The summed E-state index contributed by atoms with van der Waals surface area (Å²) in [7, 11) is 0. The van der Waals surface area contributed by atoms with E-state index in [2.05, 4.69) is 39.6 Å². The van der Waals surface area contributed by atoms with Crippen molar-refractivity contribution >= 4 is 17.6 Å². The summed E-state index contributed by atoms with van der Waals surface area (Å²) in [6.07, 6.45) is 3.59. The molecular weight excluding hydrogens is 342 g/mol. The number of carbonyl (C=O) groups is 2. The van der Waals surface area contributed by atoms with Gasteiger partial charge in [-0.1, -0.05) is 37.3 Å². The lowest BCUT2D eigenvalue weighted by molar-refractivity contribution is -0.127. The highest BCUT2D eigenvalue weighted by molar-refractivity contribution is 5.94. The zero-order valence-corrected chi connectivity index (χ0v) is 15.7. The number of rotatable bonds is 7. The summed E-state index contributed by atoms with van der Waals surface area (Å²) in [5.41, 5.74) is 6.05. The third kappa shape index (κ3) is 5.17. The maximum absolute atomic E-state index is 12.8. The highest BCUT2D eigenvalue weighted by Crippen LogP contribution is 2.32. The fourth-order valence-corrected chi connectivity index (χ4v) is 3.32. The predicted molar refractivity (Wildman–Crippen MR) is 104 cm³/mol. The Morgan fingerprint density at radius 1 is 1.19 bits per heavy atom. The second-order valence-corrected chi connectivity index (χ2v) is 7.46. The lowest BCUT2D eigenvalue weighted by Gasteiger charge is -2.38. The minimum absolute atomic E-state index is 0.00186. The zero-order valence-electron chi connectivity index (χ0n) is 15.7. The van der Waals surface area contributed by atoms with Gasteiger partial charge in [0.1, 0.15) is 0 Å². The lowest BCUT2D eigenvalue weighted by Crippen LogP contribution is -2.44. The van der Waals surface area contributed by atoms with Gasteiger partial charge in [0.25, 0.3) is 0 Å². The van der Waals surface area contributed by atoms with Crippen LogP contribution in [0.3, 0.4) is 0 Å². The van der Waals surface area contributed by atoms with Crippen LogP contribution < -0.4 is 11.1 Å². The summed E-state index contributed by atoms with van der Waals surface area (Å²) in [6, 6.07) is 12.1. The number of nitrogens with two attached hydrogens (primary N) is 1. The third-order valence-electron chi connectivity index (χ3n) is 5.23. The van der Waals surface area contributed by atoms with Gasteiger partial charge in [-0.2, -0.15) is 5.10 Å². The average Bonchev–Trinajstić information content (AvgIpc) is 3.10. The van der Waals surface area contributed by atoms with Gasteiger partial charge in [-0.25, -0.2) is 0 Å². The maximum atomic E-state index is 12.8. The number of aryl methyl sites for hydroxylation is 1. The van der Waals surface area contributed by atoms with Crippen LogP contribution in [0.25, 0.3) is 0 Å². The van der Waals surface area contributed by atoms with Crippen LogP contribution in [0.5, 0.6) is 0 Å². The monoisotopic (exact) mass is 369 g/mol. The molecular formula is C20H27N5O2. The minimum atomic E-state index is -0.399. The van der Waals surface area contributed by atoms with E-state index in [-0.39, 0.29) is 18.2 Å². The molecule has 1 aromatic carbocycles. The number of hydrogen-bond donors (Lipinski definition) is 2. The van der Waals surface area contributed by atoms with E-state index in [0.29, 0.717) is 12.4 Å². The Morgan fingerprint density at radius 2 is 1.89 bits per heavy atom. The summed E-state index contributed by atoms with van der Waals surface area (Å²) in [5.74, 6) is 0.144. The highest BCUT2D eigenvalue weighted by atomic mass is 16.2. The smallest absolute Gasteiger partial charge is 0.231 e. The van der Waals surface area contributed by atoms with Gasteiger partial charge in [0.2, 0.25) is 11.8 Å². The molecule has 1 saturated heterocycles. The van der Waals surface area contributed by atoms with Crippen LogP contribution in [-0.4, -0.2) is 39.6 Å². The Kier molecular flexibility index (Phi) is 5.91. The molecule has 7 nitrogen and oxygen atoms in total. The number of hydrogen-bond acceptors (Lipinski definition) is 4. The van der Waals surface area contributed by atoms with Crippen molar-refractivity contribution in [2.24, 2.45) is 11.1 Å². The van der Waals surface area contributed by atoms with E-state index in [9.17, 15) is 9.59 Å². The molecule has 7 heteroatoms. The SMILES string of the molecule is CC1(C(=O)Nc2ccn(CCC(N)=O)n2)CCN(Cc2ccccc2)CC1. The Labute approximate surface area is 159 Å². The van der Waals surface area contributed by atoms with E-state index in [1.807, 2.05) is 13.0 Å². The molecule has 0 saturated carbocycles. The Balaban J connectivity index is 1.51. The van der Waals surface area contributed by atoms with Gasteiger partial charge in [0.05, 0.1) is 0 Å². The van der Waals surface area contributed by atoms with Gasteiger partial charge in [-0.05, 0) is 31.5 Å². The van der Waals surface area contributed by atoms with Crippen LogP contribution in [0.15, 0.2) is 42.6 Å². The van der Waals surface area contributed by atoms with Crippen molar-refractivity contribution in [3.63, 3.8) is 0 Å². The van der Waals surface area contributed by atoms with Crippen LogP contribution in [0.4, 0.5) is 5.82 Å². The molecule has 1 aromatic heterocycles. The van der Waals surface area contributed by atoms with Crippen molar-refractivity contribution < 1.29 is 9.59 Å². The number of anilines is 1. The molecule has 1 aliphatic rings. The fourth-order valence-electron chi connectivity index (χ4n) is 3.32. The first kappa shape index (κ1) is 19.1. The summed E-state index contributed by atoms with van der Waals surface area (Å²) in [5, 5.41) is 7.20. The number of nitrogens with one attached hydrogen (secondary N) is 1. The normalized spacial score (nSPS) is 16.8. The molecule has 144 valence electrons. The number of aromatic nitrogens is 2. The van der Waals surface area contributed by atoms with Gasteiger partial charge in [-0.15, -0.1) is 0 Å². The first-order valence-electron chi connectivity index (χ1n) is 9.34. The Bertz CT molecular complexity index is 779. The van der Waals surface area contributed by atoms with Gasteiger partial charge in [0.15, 0.2) is 5.82 Å². The first-order valence-corrected chi connectivity index (χ1v) is 9.34. The molecule has 1 aliphatic heterocycles. The van der Waals surface area contributed by atoms with Gasteiger partial charge < -0.3 is 11.1 Å². The second-order valence-electron chi connectivity index (χ2n) is 7.46. The van der Waals surface area contributed by atoms with Crippen molar-refractivity contribution in [2.75, 3.05) is 18.4 Å². The lowest BCUT2D eigenvalue weighted by atomic mass is 9.79. The van der Waals surface area contributed by atoms with Crippen LogP contribution in [-0.2, 0) is 22.7 Å². The van der Waals surface area contributed by atoms with Crippen LogP contribution in [0.2, 0.25) is 0 Å². The molecule has 0 spiro atoms. The molecule has 3 N–H and O–H groups in total. The quantitative estimate of drug-likeness (QED) is 0.781. The fraction of sp³-hybridized carbons (Fsp3) is 0.450. The van der Waals surface area contributed by atoms with E-state index < -0.39 is 5.41 Å². The van der Waals surface area contributed by atoms with Crippen LogP contribution >= 0.6 is 0 Å². The minimum Gasteiger partial charge on any atom is -0.370 e. The molecule has 2 aromatic rings. The number of benzene rings is 1. The van der Waals surface area contributed by atoms with E-state index in [1.165, 1.54) is 5.56 Å². The van der Waals surface area contributed by atoms with Crippen molar-refractivity contribution in [2.45, 2.75) is 39.3 Å². The van der Waals surface area contributed by atoms with Gasteiger partial charge >= 0.3 is 0 Å². The topological polar surface area (TPSA) is 93.2 Å². The average molecular weight is 369 g/mol. The van der Waals surface area contributed by atoms with Gasteiger partial charge in [-0.3, -0.25) is 19.2 Å². The predicted octanol–water partition coefficient (Wildman–Crippen LogP) is 2.00. The maximum Gasteiger partial charge on any atom is 0.231 e. The first-order chi connectivity index (χ1) is 12.9. The molecule has 2 heterocycles. The summed E-state index contributed by atoms with van der Waals surface area (Å²) < 4.78 is 1.62. The molecule has 0 aliphatic carbocycles. The molecule has 3 rings (SSSR count). The Hall–Kier alpha value is -2.67. The number of nitrogens with zero attached hydrogens (tertiary/aromatic N) is 3. The Morgan fingerprint density at radius 3 is 2.56 bits per heavy atom. The second kappa shape index (κ2) is 8.35. The number of amides is 2. The van der Waals surface area contributed by atoms with Crippen molar-refractivity contribution in [3.05, 3.63) is 48.2 Å². The van der Waals surface area contributed by atoms with Crippen LogP contribution in [0, 0.1) is 5.41 Å². The van der Waals surface area contributed by atoms with E-state index in [1.54, 1.807) is 16.9 Å². The molecule has 0 bridgehead atoms. The van der Waals surface area contributed by atoms with Crippen molar-refractivity contribution in [1.29, 1.82) is 0 Å². The third-order valence-corrected chi connectivity index (χ3v) is 5.23. The highest BCUT2D eigenvalue weighted by Gasteiger charge is 2.37. The largest absolute Gasteiger partial charge is 0.370 e. The molecule has 27 heavy (non-hydrogen) atoms. The summed E-state index contributed by atoms with van der Waals surface area (Å²) in [4.78, 5) is 26.0. The zero-order chi connectivity index (χ0) is 19.3. The molecule has 2 amide bonds. The van der Waals surface area contributed by atoms with E-state index in [4.69, 9.17) is 5.73 Å². The molecule has 0 atom stereocenters. The van der Waals surface area contributed by atoms with Crippen molar-refractivity contribution in [1.82, 2.24) is 14.7 Å². The van der Waals surface area contributed by atoms with Crippen molar-refractivity contribution in [3.8, 4) is 0 Å². The van der Waals surface area contributed by atoms with E-state index in [0.717, 1.165) is 32.5 Å². The number of piperidine rings is 1.